The molecular weight excluding hydrogens is 290 g/mol. The minimum Gasteiger partial charge on any atom is -0.484 e. The van der Waals surface area contributed by atoms with Gasteiger partial charge in [-0.2, -0.15) is 5.10 Å². The predicted molar refractivity (Wildman–Crippen MR) is 90.6 cm³/mol. The first kappa shape index (κ1) is 16.7. The summed E-state index contributed by atoms with van der Waals surface area (Å²) in [7, 11) is 0. The molecule has 1 N–H and O–H groups in total. The van der Waals surface area contributed by atoms with Gasteiger partial charge in [0.05, 0.1) is 6.21 Å². The van der Waals surface area contributed by atoms with Crippen LogP contribution in [0.4, 0.5) is 0 Å². The molecule has 1 amide bonds. The van der Waals surface area contributed by atoms with Gasteiger partial charge >= 0.3 is 0 Å². The Hall–Kier alpha value is -2.69. The van der Waals surface area contributed by atoms with Crippen LogP contribution in [0.15, 0.2) is 53.9 Å². The molecule has 1 heterocycles. The molecule has 5 nitrogen and oxygen atoms in total. The van der Waals surface area contributed by atoms with Gasteiger partial charge in [0.15, 0.2) is 6.61 Å². The Morgan fingerprint density at radius 3 is 2.61 bits per heavy atom. The van der Waals surface area contributed by atoms with Gasteiger partial charge in [-0.05, 0) is 47.7 Å². The van der Waals surface area contributed by atoms with Crippen LogP contribution in [0.5, 0.6) is 5.75 Å². The smallest absolute Gasteiger partial charge is 0.277 e. The second-order valence-electron chi connectivity index (χ2n) is 5.24. The van der Waals surface area contributed by atoms with Gasteiger partial charge in [0.2, 0.25) is 0 Å². The fraction of sp³-hybridized carbons (Fsp3) is 0.278. The van der Waals surface area contributed by atoms with E-state index in [-0.39, 0.29) is 12.5 Å². The van der Waals surface area contributed by atoms with E-state index in [2.05, 4.69) is 29.4 Å². The lowest BCUT2D eigenvalue weighted by Crippen LogP contribution is -2.24. The molecule has 0 fully saturated rings. The monoisotopic (exact) mass is 311 g/mol. The van der Waals surface area contributed by atoms with Crippen LogP contribution in [0.2, 0.25) is 0 Å². The number of hydrogen-bond donors (Lipinski definition) is 1. The number of hydrogen-bond acceptors (Lipinski definition) is 4. The van der Waals surface area contributed by atoms with Crippen molar-refractivity contribution in [3.8, 4) is 5.75 Å². The van der Waals surface area contributed by atoms with E-state index in [1.54, 1.807) is 30.7 Å². The van der Waals surface area contributed by atoms with E-state index in [0.29, 0.717) is 11.7 Å². The minimum atomic E-state index is -0.304. The highest BCUT2D eigenvalue weighted by molar-refractivity contribution is 5.82. The maximum atomic E-state index is 11.7. The Morgan fingerprint density at radius 1 is 1.26 bits per heavy atom. The van der Waals surface area contributed by atoms with E-state index >= 15 is 0 Å². The summed E-state index contributed by atoms with van der Waals surface area (Å²) >= 11 is 0. The SMILES string of the molecule is CCC(C)c1ccc(OCC(=O)NN=Cc2ccncc2)cc1. The number of benzene rings is 1. The molecule has 2 aromatic rings. The van der Waals surface area contributed by atoms with E-state index in [9.17, 15) is 4.79 Å². The van der Waals surface area contributed by atoms with Crippen LogP contribution in [-0.4, -0.2) is 23.7 Å². The summed E-state index contributed by atoms with van der Waals surface area (Å²) in [5.74, 6) is 0.890. The molecule has 0 aliphatic rings. The van der Waals surface area contributed by atoms with Gasteiger partial charge in [0.25, 0.3) is 5.91 Å². The van der Waals surface area contributed by atoms with Gasteiger partial charge in [0, 0.05) is 12.4 Å². The van der Waals surface area contributed by atoms with Crippen molar-refractivity contribution >= 4 is 12.1 Å². The highest BCUT2D eigenvalue weighted by atomic mass is 16.5. The Labute approximate surface area is 136 Å². The number of carbonyl (C=O) groups excluding carboxylic acids is 1. The molecule has 1 unspecified atom stereocenters. The molecule has 1 atom stereocenters. The minimum absolute atomic E-state index is 0.0731. The molecule has 0 saturated heterocycles. The molecule has 120 valence electrons. The average molecular weight is 311 g/mol. The number of amides is 1. The Balaban J connectivity index is 1.77. The van der Waals surface area contributed by atoms with Crippen molar-refractivity contribution in [1.29, 1.82) is 0 Å². The van der Waals surface area contributed by atoms with Crippen molar-refractivity contribution in [3.63, 3.8) is 0 Å². The fourth-order valence-electron chi connectivity index (χ4n) is 1.94. The van der Waals surface area contributed by atoms with Crippen LogP contribution in [0.25, 0.3) is 0 Å². The van der Waals surface area contributed by atoms with Crippen LogP contribution < -0.4 is 10.2 Å². The molecule has 1 aromatic heterocycles. The number of nitrogens with zero attached hydrogens (tertiary/aromatic N) is 2. The number of nitrogens with one attached hydrogen (secondary N) is 1. The van der Waals surface area contributed by atoms with Crippen molar-refractivity contribution in [2.24, 2.45) is 5.10 Å². The Bertz CT molecular complexity index is 639. The topological polar surface area (TPSA) is 63.6 Å². The van der Waals surface area contributed by atoms with Crippen molar-refractivity contribution in [1.82, 2.24) is 10.4 Å². The van der Waals surface area contributed by atoms with E-state index in [4.69, 9.17) is 4.74 Å². The number of rotatable bonds is 7. The predicted octanol–water partition coefficient (Wildman–Crippen LogP) is 3.12. The Kier molecular flexibility index (Phi) is 6.29. The molecule has 0 bridgehead atoms. The standard InChI is InChI=1S/C18H21N3O2/c1-3-14(2)16-4-6-17(7-5-16)23-13-18(22)21-20-12-15-8-10-19-11-9-15/h4-12,14H,3,13H2,1-2H3,(H,21,22). The lowest BCUT2D eigenvalue weighted by Gasteiger charge is -2.10. The van der Waals surface area contributed by atoms with Gasteiger partial charge in [0.1, 0.15) is 5.75 Å². The van der Waals surface area contributed by atoms with Gasteiger partial charge in [-0.3, -0.25) is 9.78 Å². The summed E-state index contributed by atoms with van der Waals surface area (Å²) in [6.45, 7) is 4.27. The number of hydrazone groups is 1. The van der Waals surface area contributed by atoms with Crippen molar-refractivity contribution < 1.29 is 9.53 Å². The third kappa shape index (κ3) is 5.54. The first-order valence-electron chi connectivity index (χ1n) is 7.63. The summed E-state index contributed by atoms with van der Waals surface area (Å²) in [4.78, 5) is 15.6. The quantitative estimate of drug-likeness (QED) is 0.631. The van der Waals surface area contributed by atoms with E-state index in [1.807, 2.05) is 24.3 Å². The molecule has 0 saturated carbocycles. The summed E-state index contributed by atoms with van der Waals surface area (Å²) in [5.41, 5.74) is 4.56. The molecule has 0 aliphatic heterocycles. The van der Waals surface area contributed by atoms with E-state index in [1.165, 1.54) is 5.56 Å². The van der Waals surface area contributed by atoms with Crippen molar-refractivity contribution in [3.05, 3.63) is 59.9 Å². The van der Waals surface area contributed by atoms with Crippen molar-refractivity contribution in [2.45, 2.75) is 26.2 Å². The fourth-order valence-corrected chi connectivity index (χ4v) is 1.94. The van der Waals surface area contributed by atoms with Gasteiger partial charge < -0.3 is 4.74 Å². The molecule has 0 radical (unpaired) electrons. The van der Waals surface area contributed by atoms with Crippen LogP contribution in [0.1, 0.15) is 37.3 Å². The second-order valence-corrected chi connectivity index (χ2v) is 5.24. The van der Waals surface area contributed by atoms with E-state index in [0.717, 1.165) is 12.0 Å². The molecule has 23 heavy (non-hydrogen) atoms. The molecular formula is C18H21N3O2. The van der Waals surface area contributed by atoms with Crippen molar-refractivity contribution in [2.75, 3.05) is 6.61 Å². The van der Waals surface area contributed by atoms with Crippen LogP contribution in [0.3, 0.4) is 0 Å². The summed E-state index contributed by atoms with van der Waals surface area (Å²) < 4.78 is 5.44. The van der Waals surface area contributed by atoms with Gasteiger partial charge in [-0.15, -0.1) is 0 Å². The van der Waals surface area contributed by atoms with Crippen LogP contribution >= 0.6 is 0 Å². The van der Waals surface area contributed by atoms with Gasteiger partial charge in [-0.25, -0.2) is 5.43 Å². The zero-order valence-corrected chi connectivity index (χ0v) is 13.4. The summed E-state index contributed by atoms with van der Waals surface area (Å²) in [6, 6.07) is 11.4. The maximum Gasteiger partial charge on any atom is 0.277 e. The zero-order valence-electron chi connectivity index (χ0n) is 13.4. The highest BCUT2D eigenvalue weighted by Crippen LogP contribution is 2.21. The molecule has 1 aromatic carbocycles. The summed E-state index contributed by atoms with van der Waals surface area (Å²) in [6.07, 6.45) is 5.98. The molecule has 2 rings (SSSR count). The summed E-state index contributed by atoms with van der Waals surface area (Å²) in [5, 5.41) is 3.87. The molecule has 0 spiro atoms. The highest BCUT2D eigenvalue weighted by Gasteiger charge is 2.04. The average Bonchev–Trinajstić information content (AvgIpc) is 2.60. The number of ether oxygens (including phenoxy) is 1. The normalized spacial score (nSPS) is 12.1. The lowest BCUT2D eigenvalue weighted by molar-refractivity contribution is -0.123. The third-order valence-corrected chi connectivity index (χ3v) is 3.54. The number of pyridine rings is 1. The first-order chi connectivity index (χ1) is 11.2. The zero-order chi connectivity index (χ0) is 16.5. The molecule has 5 heteroatoms. The van der Waals surface area contributed by atoms with Crippen LogP contribution in [0, 0.1) is 0 Å². The maximum absolute atomic E-state index is 11.7. The third-order valence-electron chi connectivity index (χ3n) is 3.54. The van der Waals surface area contributed by atoms with Gasteiger partial charge in [-0.1, -0.05) is 26.0 Å². The molecule has 0 aliphatic carbocycles. The number of aromatic nitrogens is 1. The lowest BCUT2D eigenvalue weighted by atomic mass is 9.99. The van der Waals surface area contributed by atoms with E-state index < -0.39 is 0 Å². The Morgan fingerprint density at radius 2 is 1.96 bits per heavy atom. The second kappa shape index (κ2) is 8.68. The largest absolute Gasteiger partial charge is 0.484 e. The first-order valence-corrected chi connectivity index (χ1v) is 7.63. The van der Waals surface area contributed by atoms with Crippen LogP contribution in [-0.2, 0) is 4.79 Å². The number of carbonyl (C=O) groups is 1.